The Hall–Kier alpha value is -3.73. The molecule has 5 heteroatoms. The van der Waals surface area contributed by atoms with Crippen LogP contribution in [0.5, 0.6) is 0 Å². The number of aromatic nitrogens is 2. The molecule has 0 amide bonds. The Morgan fingerprint density at radius 1 is 1.00 bits per heavy atom. The highest BCUT2D eigenvalue weighted by Crippen LogP contribution is 2.33. The second-order valence-corrected chi connectivity index (χ2v) is 7.45. The number of carbonyl (C=O) groups excluding carboxylic acids is 1. The summed E-state index contributed by atoms with van der Waals surface area (Å²) < 4.78 is 13.4. The third-order valence-corrected chi connectivity index (χ3v) is 5.24. The van der Waals surface area contributed by atoms with Crippen LogP contribution < -0.4 is 5.32 Å². The fourth-order valence-corrected chi connectivity index (χ4v) is 3.64. The van der Waals surface area contributed by atoms with Crippen LogP contribution in [0.15, 0.2) is 85.1 Å². The molecule has 156 valence electrons. The summed E-state index contributed by atoms with van der Waals surface area (Å²) >= 11 is 0. The summed E-state index contributed by atoms with van der Waals surface area (Å²) in [6, 6.07) is 23.8. The van der Waals surface area contributed by atoms with Crippen molar-refractivity contribution in [3.05, 3.63) is 108 Å². The Morgan fingerprint density at radius 2 is 1.71 bits per heavy atom. The Labute approximate surface area is 181 Å². The van der Waals surface area contributed by atoms with Crippen molar-refractivity contribution >= 4 is 11.5 Å². The largest absolute Gasteiger partial charge is 0.374 e. The normalized spacial score (nSPS) is 11.8. The van der Waals surface area contributed by atoms with Gasteiger partial charge in [-0.15, -0.1) is 0 Å². The van der Waals surface area contributed by atoms with E-state index in [4.69, 9.17) is 0 Å². The number of Topliss-reactive ketones (excluding diaryl/α,β-unsaturated/α-hetero) is 1. The number of H-pyrrole nitrogens is 1. The SMILES string of the molecule is CCCC(=O)c1ccc(NC(c2ccccc2)c2cn[nH]c2-c2ccc(F)cc2)cc1. The molecule has 4 rings (SSSR count). The molecule has 0 saturated carbocycles. The monoisotopic (exact) mass is 413 g/mol. The molecule has 1 unspecified atom stereocenters. The molecule has 1 atom stereocenters. The lowest BCUT2D eigenvalue weighted by Gasteiger charge is -2.21. The number of benzene rings is 3. The number of anilines is 1. The average molecular weight is 413 g/mol. The maximum absolute atomic E-state index is 13.4. The van der Waals surface area contributed by atoms with Crippen LogP contribution in [0, 0.1) is 5.82 Å². The number of hydrogen-bond donors (Lipinski definition) is 2. The molecule has 0 spiro atoms. The molecule has 0 bridgehead atoms. The van der Waals surface area contributed by atoms with E-state index in [0.717, 1.165) is 40.1 Å². The quantitative estimate of drug-likeness (QED) is 0.329. The van der Waals surface area contributed by atoms with Gasteiger partial charge in [-0.3, -0.25) is 9.89 Å². The molecule has 4 aromatic rings. The van der Waals surface area contributed by atoms with Crippen LogP contribution in [-0.4, -0.2) is 16.0 Å². The van der Waals surface area contributed by atoms with Crippen LogP contribution in [0.4, 0.5) is 10.1 Å². The van der Waals surface area contributed by atoms with Gasteiger partial charge in [0.15, 0.2) is 5.78 Å². The highest BCUT2D eigenvalue weighted by atomic mass is 19.1. The van der Waals surface area contributed by atoms with Crippen molar-refractivity contribution < 1.29 is 9.18 Å². The third kappa shape index (κ3) is 4.72. The summed E-state index contributed by atoms with van der Waals surface area (Å²) in [6.45, 7) is 2.00. The van der Waals surface area contributed by atoms with E-state index in [1.165, 1.54) is 12.1 Å². The zero-order chi connectivity index (χ0) is 21.6. The second kappa shape index (κ2) is 9.39. The smallest absolute Gasteiger partial charge is 0.162 e. The second-order valence-electron chi connectivity index (χ2n) is 7.45. The van der Waals surface area contributed by atoms with Gasteiger partial charge < -0.3 is 5.32 Å². The highest BCUT2D eigenvalue weighted by Gasteiger charge is 2.20. The van der Waals surface area contributed by atoms with E-state index in [1.807, 2.05) is 49.4 Å². The molecule has 4 nitrogen and oxygen atoms in total. The molecule has 0 saturated heterocycles. The van der Waals surface area contributed by atoms with Crippen molar-refractivity contribution in [2.45, 2.75) is 25.8 Å². The standard InChI is InChI=1S/C26H24FN3O/c1-2-6-24(31)18-11-15-22(16-12-18)29-25(19-7-4-3-5-8-19)23-17-28-30-26(23)20-9-13-21(27)14-10-20/h3-5,7-17,25,29H,2,6H2,1H3,(H,28,30). The van der Waals surface area contributed by atoms with Crippen LogP contribution in [0.3, 0.4) is 0 Å². The number of rotatable bonds is 8. The number of nitrogens with zero attached hydrogens (tertiary/aromatic N) is 1. The molecule has 31 heavy (non-hydrogen) atoms. The predicted molar refractivity (Wildman–Crippen MR) is 122 cm³/mol. The van der Waals surface area contributed by atoms with Gasteiger partial charge in [0.2, 0.25) is 0 Å². The van der Waals surface area contributed by atoms with E-state index in [2.05, 4.69) is 27.6 Å². The Bertz CT molecular complexity index is 1140. The first-order chi connectivity index (χ1) is 15.2. The van der Waals surface area contributed by atoms with Gasteiger partial charge in [-0.2, -0.15) is 5.10 Å². The van der Waals surface area contributed by atoms with E-state index < -0.39 is 0 Å². The number of nitrogens with one attached hydrogen (secondary N) is 2. The van der Waals surface area contributed by atoms with Crippen molar-refractivity contribution in [2.75, 3.05) is 5.32 Å². The predicted octanol–water partition coefficient (Wildman–Crippen LogP) is 6.40. The number of carbonyl (C=O) groups is 1. The minimum absolute atomic E-state index is 0.155. The van der Waals surface area contributed by atoms with Crippen molar-refractivity contribution in [1.29, 1.82) is 0 Å². The molecular formula is C26H24FN3O. The highest BCUT2D eigenvalue weighted by molar-refractivity contribution is 5.96. The van der Waals surface area contributed by atoms with Crippen molar-refractivity contribution in [3.63, 3.8) is 0 Å². The number of halogens is 1. The van der Waals surface area contributed by atoms with Gasteiger partial charge in [0.25, 0.3) is 0 Å². The van der Waals surface area contributed by atoms with Gasteiger partial charge in [0.05, 0.1) is 17.9 Å². The first-order valence-electron chi connectivity index (χ1n) is 10.4. The molecule has 2 N–H and O–H groups in total. The number of aromatic amines is 1. The van der Waals surface area contributed by atoms with Gasteiger partial charge in [-0.1, -0.05) is 37.3 Å². The average Bonchev–Trinajstić information content (AvgIpc) is 3.28. The van der Waals surface area contributed by atoms with Crippen LogP contribution >= 0.6 is 0 Å². The van der Waals surface area contributed by atoms with Crippen molar-refractivity contribution in [3.8, 4) is 11.3 Å². The zero-order valence-electron chi connectivity index (χ0n) is 17.3. The molecular weight excluding hydrogens is 389 g/mol. The van der Waals surface area contributed by atoms with Gasteiger partial charge >= 0.3 is 0 Å². The summed E-state index contributed by atoms with van der Waals surface area (Å²) in [5, 5.41) is 10.9. The van der Waals surface area contributed by atoms with Gasteiger partial charge in [0.1, 0.15) is 5.82 Å². The Morgan fingerprint density at radius 3 is 2.39 bits per heavy atom. The Balaban J connectivity index is 1.68. The fraction of sp³-hybridized carbons (Fsp3) is 0.154. The molecule has 0 aliphatic rings. The van der Waals surface area contributed by atoms with Gasteiger partial charge in [-0.05, 0) is 60.5 Å². The Kier molecular flexibility index (Phi) is 6.22. The fourth-order valence-electron chi connectivity index (χ4n) is 3.64. The molecule has 0 aliphatic heterocycles. The zero-order valence-corrected chi connectivity index (χ0v) is 17.3. The minimum atomic E-state index is -0.278. The van der Waals surface area contributed by atoms with Crippen LogP contribution in [0.2, 0.25) is 0 Å². The van der Waals surface area contributed by atoms with Crippen LogP contribution in [-0.2, 0) is 0 Å². The first kappa shape index (κ1) is 20.5. The molecule has 1 heterocycles. The summed E-state index contributed by atoms with van der Waals surface area (Å²) in [4.78, 5) is 12.2. The van der Waals surface area contributed by atoms with E-state index in [1.54, 1.807) is 18.3 Å². The lowest BCUT2D eigenvalue weighted by Crippen LogP contribution is -2.13. The molecule has 0 aliphatic carbocycles. The van der Waals surface area contributed by atoms with E-state index in [-0.39, 0.29) is 17.6 Å². The van der Waals surface area contributed by atoms with Gasteiger partial charge in [0, 0.05) is 28.8 Å². The van der Waals surface area contributed by atoms with E-state index in [9.17, 15) is 9.18 Å². The summed E-state index contributed by atoms with van der Waals surface area (Å²) in [5.41, 5.74) is 5.32. The maximum Gasteiger partial charge on any atom is 0.162 e. The summed E-state index contributed by atoms with van der Waals surface area (Å²) in [7, 11) is 0. The number of hydrogen-bond acceptors (Lipinski definition) is 3. The van der Waals surface area contributed by atoms with Gasteiger partial charge in [-0.25, -0.2) is 4.39 Å². The summed E-state index contributed by atoms with van der Waals surface area (Å²) in [6.07, 6.45) is 3.18. The lowest BCUT2D eigenvalue weighted by atomic mass is 9.96. The minimum Gasteiger partial charge on any atom is -0.374 e. The summed E-state index contributed by atoms with van der Waals surface area (Å²) in [5.74, 6) is -0.123. The molecule has 0 radical (unpaired) electrons. The lowest BCUT2D eigenvalue weighted by molar-refractivity contribution is 0.0982. The maximum atomic E-state index is 13.4. The van der Waals surface area contributed by atoms with Crippen LogP contribution in [0.25, 0.3) is 11.3 Å². The van der Waals surface area contributed by atoms with E-state index >= 15 is 0 Å². The molecule has 1 aromatic heterocycles. The van der Waals surface area contributed by atoms with Crippen molar-refractivity contribution in [1.82, 2.24) is 10.2 Å². The molecule has 0 fully saturated rings. The third-order valence-electron chi connectivity index (χ3n) is 5.24. The van der Waals surface area contributed by atoms with Crippen molar-refractivity contribution in [2.24, 2.45) is 0 Å². The van der Waals surface area contributed by atoms with Crippen LogP contribution in [0.1, 0.15) is 47.3 Å². The molecule has 3 aromatic carbocycles. The topological polar surface area (TPSA) is 57.8 Å². The number of ketones is 1. The first-order valence-corrected chi connectivity index (χ1v) is 10.4. The van der Waals surface area contributed by atoms with E-state index in [0.29, 0.717) is 6.42 Å².